The Morgan fingerprint density at radius 1 is 1.19 bits per heavy atom. The van der Waals surface area contributed by atoms with Crippen LogP contribution in [-0.2, 0) is 14.9 Å². The lowest BCUT2D eigenvalue weighted by molar-refractivity contribution is 0.0513. The Bertz CT molecular complexity index is 615. The number of rotatable bonds is 7. The van der Waals surface area contributed by atoms with Crippen LogP contribution in [0.3, 0.4) is 0 Å². The molecule has 144 valence electrons. The molecular weight excluding hydrogens is 334 g/mol. The average Bonchev–Trinajstić information content (AvgIpc) is 3.16. The third-order valence-electron chi connectivity index (χ3n) is 5.07. The van der Waals surface area contributed by atoms with E-state index in [1.807, 2.05) is 6.07 Å². The molecule has 2 heterocycles. The van der Waals surface area contributed by atoms with Gasteiger partial charge in [-0.1, -0.05) is 6.07 Å². The SMILES string of the molecule is CN=C(NCCCOC)NCC1(c2ccc3c(c2)OCO3)CCOCC1. The summed E-state index contributed by atoms with van der Waals surface area (Å²) < 4.78 is 21.7. The molecule has 7 heteroatoms. The minimum Gasteiger partial charge on any atom is -0.454 e. The molecule has 1 aromatic carbocycles. The van der Waals surface area contributed by atoms with E-state index in [0.29, 0.717) is 6.79 Å². The Balaban J connectivity index is 1.67. The van der Waals surface area contributed by atoms with Crippen LogP contribution in [0.2, 0.25) is 0 Å². The molecule has 0 aromatic heterocycles. The first-order valence-electron chi connectivity index (χ1n) is 9.19. The Hall–Kier alpha value is -1.99. The minimum absolute atomic E-state index is 0.0105. The van der Waals surface area contributed by atoms with Gasteiger partial charge in [0.05, 0.1) is 0 Å². The number of benzene rings is 1. The molecule has 0 saturated carbocycles. The van der Waals surface area contributed by atoms with E-state index < -0.39 is 0 Å². The number of ether oxygens (including phenoxy) is 4. The molecule has 0 bridgehead atoms. The zero-order valence-corrected chi connectivity index (χ0v) is 15.7. The third-order valence-corrected chi connectivity index (χ3v) is 5.07. The summed E-state index contributed by atoms with van der Waals surface area (Å²) in [5.41, 5.74) is 1.25. The first kappa shape index (κ1) is 18.8. The largest absolute Gasteiger partial charge is 0.454 e. The van der Waals surface area contributed by atoms with Gasteiger partial charge in [0.15, 0.2) is 17.5 Å². The number of guanidine groups is 1. The van der Waals surface area contributed by atoms with E-state index in [1.165, 1.54) is 5.56 Å². The quantitative estimate of drug-likeness (QED) is 0.436. The van der Waals surface area contributed by atoms with Gasteiger partial charge >= 0.3 is 0 Å². The highest BCUT2D eigenvalue weighted by Gasteiger charge is 2.35. The Labute approximate surface area is 155 Å². The number of hydrogen-bond acceptors (Lipinski definition) is 5. The number of methoxy groups -OCH3 is 1. The molecule has 2 N–H and O–H groups in total. The fourth-order valence-electron chi connectivity index (χ4n) is 3.45. The molecule has 7 nitrogen and oxygen atoms in total. The molecule has 0 radical (unpaired) electrons. The fraction of sp³-hybridized carbons (Fsp3) is 0.632. The summed E-state index contributed by atoms with van der Waals surface area (Å²) in [6.07, 6.45) is 2.86. The number of nitrogens with one attached hydrogen (secondary N) is 2. The smallest absolute Gasteiger partial charge is 0.231 e. The molecule has 0 aliphatic carbocycles. The Kier molecular flexibility index (Phi) is 6.57. The van der Waals surface area contributed by atoms with Crippen molar-refractivity contribution >= 4 is 5.96 Å². The number of fused-ring (bicyclic) bond motifs is 1. The van der Waals surface area contributed by atoms with Crippen molar-refractivity contribution in [1.82, 2.24) is 10.6 Å². The Morgan fingerprint density at radius 2 is 2.00 bits per heavy atom. The van der Waals surface area contributed by atoms with Crippen LogP contribution in [0.5, 0.6) is 11.5 Å². The van der Waals surface area contributed by atoms with E-state index in [9.17, 15) is 0 Å². The lowest BCUT2D eigenvalue weighted by atomic mass is 9.74. The first-order valence-corrected chi connectivity index (χ1v) is 9.19. The van der Waals surface area contributed by atoms with Crippen LogP contribution in [0.25, 0.3) is 0 Å². The van der Waals surface area contributed by atoms with Crippen molar-refractivity contribution in [3.8, 4) is 11.5 Å². The molecule has 26 heavy (non-hydrogen) atoms. The monoisotopic (exact) mass is 363 g/mol. The fourth-order valence-corrected chi connectivity index (χ4v) is 3.45. The van der Waals surface area contributed by atoms with Crippen LogP contribution < -0.4 is 20.1 Å². The van der Waals surface area contributed by atoms with Gasteiger partial charge in [-0.2, -0.15) is 0 Å². The topological polar surface area (TPSA) is 73.3 Å². The van der Waals surface area contributed by atoms with Crippen LogP contribution in [0.4, 0.5) is 0 Å². The van der Waals surface area contributed by atoms with E-state index in [0.717, 1.165) is 69.6 Å². The van der Waals surface area contributed by atoms with Gasteiger partial charge in [-0.3, -0.25) is 4.99 Å². The lowest BCUT2D eigenvalue weighted by Crippen LogP contribution is -2.48. The van der Waals surface area contributed by atoms with Crippen LogP contribution in [0, 0.1) is 0 Å². The highest BCUT2D eigenvalue weighted by molar-refractivity contribution is 5.79. The second-order valence-corrected chi connectivity index (χ2v) is 6.66. The highest BCUT2D eigenvalue weighted by atomic mass is 16.7. The summed E-state index contributed by atoms with van der Waals surface area (Å²) in [4.78, 5) is 4.33. The van der Waals surface area contributed by atoms with E-state index >= 15 is 0 Å². The normalized spacial score (nSPS) is 18.6. The number of aliphatic imine (C=N–C) groups is 1. The second kappa shape index (κ2) is 9.09. The maximum atomic E-state index is 5.62. The van der Waals surface area contributed by atoms with Crippen molar-refractivity contribution in [3.05, 3.63) is 23.8 Å². The zero-order valence-electron chi connectivity index (χ0n) is 15.7. The number of hydrogen-bond donors (Lipinski definition) is 2. The van der Waals surface area contributed by atoms with E-state index in [4.69, 9.17) is 18.9 Å². The summed E-state index contributed by atoms with van der Waals surface area (Å²) >= 11 is 0. The van der Waals surface area contributed by atoms with Gasteiger partial charge in [0.1, 0.15) is 0 Å². The first-order chi connectivity index (χ1) is 12.8. The summed E-state index contributed by atoms with van der Waals surface area (Å²) in [6.45, 7) is 4.17. The van der Waals surface area contributed by atoms with E-state index in [1.54, 1.807) is 14.2 Å². The van der Waals surface area contributed by atoms with Crippen molar-refractivity contribution in [2.45, 2.75) is 24.7 Å². The summed E-state index contributed by atoms with van der Waals surface area (Å²) in [7, 11) is 3.51. The Morgan fingerprint density at radius 3 is 2.77 bits per heavy atom. The molecule has 2 aliphatic heterocycles. The minimum atomic E-state index is -0.0105. The van der Waals surface area contributed by atoms with Gasteiger partial charge in [0.25, 0.3) is 0 Å². The van der Waals surface area contributed by atoms with Crippen LogP contribution in [0.15, 0.2) is 23.2 Å². The second-order valence-electron chi connectivity index (χ2n) is 6.66. The summed E-state index contributed by atoms with van der Waals surface area (Å²) in [5.74, 6) is 2.46. The van der Waals surface area contributed by atoms with Gasteiger partial charge in [0.2, 0.25) is 6.79 Å². The highest BCUT2D eigenvalue weighted by Crippen LogP contribution is 2.40. The maximum absolute atomic E-state index is 5.62. The predicted octanol–water partition coefficient (Wildman–Crippen LogP) is 1.66. The number of nitrogens with zero attached hydrogens (tertiary/aromatic N) is 1. The third kappa shape index (κ3) is 4.40. The standard InChI is InChI=1S/C19H29N3O4/c1-20-18(21-8-3-9-23-2)22-13-19(6-10-24-11-7-19)15-4-5-16-17(12-15)26-14-25-16/h4-5,12H,3,6-11,13-14H2,1-2H3,(H2,20,21,22). The lowest BCUT2D eigenvalue weighted by Gasteiger charge is -2.38. The summed E-state index contributed by atoms with van der Waals surface area (Å²) in [6, 6.07) is 6.27. The molecule has 1 saturated heterocycles. The molecule has 0 unspecified atom stereocenters. The molecule has 2 aliphatic rings. The predicted molar refractivity (Wildman–Crippen MR) is 100 cm³/mol. The van der Waals surface area contributed by atoms with E-state index in [2.05, 4.69) is 27.8 Å². The summed E-state index contributed by atoms with van der Waals surface area (Å²) in [5, 5.41) is 6.83. The zero-order chi connectivity index (χ0) is 18.2. The van der Waals surface area contributed by atoms with Crippen molar-refractivity contribution in [3.63, 3.8) is 0 Å². The van der Waals surface area contributed by atoms with Crippen molar-refractivity contribution in [2.24, 2.45) is 4.99 Å². The van der Waals surface area contributed by atoms with Gasteiger partial charge in [-0.25, -0.2) is 0 Å². The van der Waals surface area contributed by atoms with Crippen molar-refractivity contribution < 1.29 is 18.9 Å². The molecule has 1 fully saturated rings. The molecule has 3 rings (SSSR count). The van der Waals surface area contributed by atoms with Gasteiger partial charge < -0.3 is 29.6 Å². The van der Waals surface area contributed by atoms with Gasteiger partial charge in [0, 0.05) is 52.5 Å². The van der Waals surface area contributed by atoms with E-state index in [-0.39, 0.29) is 5.41 Å². The van der Waals surface area contributed by atoms with Crippen LogP contribution in [0.1, 0.15) is 24.8 Å². The molecule has 0 spiro atoms. The molecule has 0 atom stereocenters. The van der Waals surface area contributed by atoms with Crippen molar-refractivity contribution in [2.75, 3.05) is 53.9 Å². The molecular formula is C19H29N3O4. The molecule has 1 aromatic rings. The van der Waals surface area contributed by atoms with Crippen molar-refractivity contribution in [1.29, 1.82) is 0 Å². The maximum Gasteiger partial charge on any atom is 0.231 e. The van der Waals surface area contributed by atoms with Gasteiger partial charge in [-0.15, -0.1) is 0 Å². The van der Waals surface area contributed by atoms with Crippen LogP contribution in [-0.4, -0.2) is 59.8 Å². The average molecular weight is 363 g/mol. The molecule has 0 amide bonds. The van der Waals surface area contributed by atoms with Gasteiger partial charge in [-0.05, 0) is 37.0 Å². The van der Waals surface area contributed by atoms with Crippen LogP contribution >= 0.6 is 0 Å².